The first kappa shape index (κ1) is 23.1. The summed E-state index contributed by atoms with van der Waals surface area (Å²) in [4.78, 5) is 27.7. The first-order valence-corrected chi connectivity index (χ1v) is 12.3. The normalized spacial score (nSPS) is 20.5. The Morgan fingerprint density at radius 3 is 2.29 bits per heavy atom. The van der Waals surface area contributed by atoms with Gasteiger partial charge in [0.2, 0.25) is 0 Å². The van der Waals surface area contributed by atoms with E-state index in [-0.39, 0.29) is 17.5 Å². The lowest BCUT2D eigenvalue weighted by atomic mass is 9.73. The van der Waals surface area contributed by atoms with E-state index in [9.17, 15) is 14.7 Å². The molecule has 7 nitrogen and oxygen atoms in total. The number of rotatable bonds is 5. The molecule has 3 heterocycles. The molecular formula is C28H32N4O3. The van der Waals surface area contributed by atoms with Gasteiger partial charge in [0.05, 0.1) is 23.2 Å². The van der Waals surface area contributed by atoms with Crippen LogP contribution in [-0.4, -0.2) is 44.8 Å². The molecule has 2 N–H and O–H groups in total. The number of hydrogen-bond donors (Lipinski definition) is 2. The Morgan fingerprint density at radius 2 is 1.66 bits per heavy atom. The van der Waals surface area contributed by atoms with E-state index in [2.05, 4.69) is 36.4 Å². The van der Waals surface area contributed by atoms with Gasteiger partial charge in [0.1, 0.15) is 11.4 Å². The van der Waals surface area contributed by atoms with Crippen LogP contribution in [0.4, 0.5) is 5.82 Å². The molecule has 1 amide bonds. The maximum Gasteiger partial charge on any atom is 0.310 e. The van der Waals surface area contributed by atoms with Crippen molar-refractivity contribution in [2.75, 3.05) is 18.4 Å². The third kappa shape index (κ3) is 4.31. The van der Waals surface area contributed by atoms with Crippen LogP contribution < -0.4 is 5.32 Å². The summed E-state index contributed by atoms with van der Waals surface area (Å²) in [5, 5.41) is 18.2. The van der Waals surface area contributed by atoms with E-state index in [4.69, 9.17) is 0 Å². The second-order valence-electron chi connectivity index (χ2n) is 10.5. The molecule has 0 bridgehead atoms. The number of likely N-dealkylation sites (tertiary alicyclic amines) is 1. The molecule has 5 rings (SSSR count). The predicted molar refractivity (Wildman–Crippen MR) is 134 cm³/mol. The Bertz CT molecular complexity index is 1210. The van der Waals surface area contributed by atoms with Gasteiger partial charge in [-0.05, 0) is 50.7 Å². The molecule has 35 heavy (non-hydrogen) atoms. The summed E-state index contributed by atoms with van der Waals surface area (Å²) in [6, 6.07) is 20.1. The van der Waals surface area contributed by atoms with Crippen LogP contribution >= 0.6 is 0 Å². The summed E-state index contributed by atoms with van der Waals surface area (Å²) in [7, 11) is 0. The number of carboxylic acids is 1. The van der Waals surface area contributed by atoms with Crippen LogP contribution in [0.2, 0.25) is 0 Å². The SMILES string of the molecule is CC1(C)CC(c2ccccc2)Nc2c(C(=O)N3CCC(Cc4ccccc4)(C(=O)O)CC3)cnn21. The second kappa shape index (κ2) is 8.87. The number of carboxylic acid groups (broad SMARTS) is 1. The van der Waals surface area contributed by atoms with E-state index in [1.807, 2.05) is 53.2 Å². The molecule has 1 unspecified atom stereocenters. The Morgan fingerprint density at radius 1 is 1.03 bits per heavy atom. The molecule has 0 saturated carbocycles. The maximum absolute atomic E-state index is 13.6. The number of benzene rings is 2. The predicted octanol–water partition coefficient (Wildman–Crippen LogP) is 4.72. The van der Waals surface area contributed by atoms with E-state index in [1.54, 1.807) is 11.1 Å². The van der Waals surface area contributed by atoms with Gasteiger partial charge in [-0.25, -0.2) is 4.68 Å². The first-order valence-electron chi connectivity index (χ1n) is 12.3. The fourth-order valence-corrected chi connectivity index (χ4v) is 5.55. The Balaban J connectivity index is 1.35. The number of nitrogens with one attached hydrogen (secondary N) is 1. The quantitative estimate of drug-likeness (QED) is 0.561. The van der Waals surface area contributed by atoms with Crippen molar-refractivity contribution in [1.82, 2.24) is 14.7 Å². The summed E-state index contributed by atoms with van der Waals surface area (Å²) in [5.74, 6) is -0.146. The van der Waals surface area contributed by atoms with Gasteiger partial charge in [-0.3, -0.25) is 9.59 Å². The Kier molecular flexibility index (Phi) is 5.87. The molecular weight excluding hydrogens is 440 g/mol. The van der Waals surface area contributed by atoms with Crippen molar-refractivity contribution in [2.24, 2.45) is 5.41 Å². The lowest BCUT2D eigenvalue weighted by molar-refractivity contribution is -0.151. The van der Waals surface area contributed by atoms with E-state index in [0.717, 1.165) is 17.8 Å². The lowest BCUT2D eigenvalue weighted by Gasteiger charge is -2.40. The Hall–Kier alpha value is -3.61. The first-order chi connectivity index (χ1) is 16.8. The maximum atomic E-state index is 13.6. The van der Waals surface area contributed by atoms with Gasteiger partial charge in [0.15, 0.2) is 0 Å². The minimum atomic E-state index is -0.852. The molecule has 7 heteroatoms. The topological polar surface area (TPSA) is 87.5 Å². The van der Waals surface area contributed by atoms with Crippen molar-refractivity contribution in [2.45, 2.75) is 51.1 Å². The highest BCUT2D eigenvalue weighted by Gasteiger charge is 2.44. The number of carbonyl (C=O) groups excluding carboxylic acids is 1. The second-order valence-corrected chi connectivity index (χ2v) is 10.5. The number of fused-ring (bicyclic) bond motifs is 1. The highest BCUT2D eigenvalue weighted by atomic mass is 16.4. The molecule has 3 aromatic rings. The molecule has 1 fully saturated rings. The molecule has 1 aromatic heterocycles. The molecule has 2 aromatic carbocycles. The smallest absolute Gasteiger partial charge is 0.310 e. The summed E-state index contributed by atoms with van der Waals surface area (Å²) < 4.78 is 1.92. The number of amides is 1. The third-order valence-corrected chi connectivity index (χ3v) is 7.64. The van der Waals surface area contributed by atoms with Crippen LogP contribution in [0.15, 0.2) is 66.9 Å². The number of hydrogen-bond acceptors (Lipinski definition) is 4. The molecule has 1 saturated heterocycles. The van der Waals surface area contributed by atoms with Crippen LogP contribution in [0.5, 0.6) is 0 Å². The Labute approximate surface area is 205 Å². The monoisotopic (exact) mass is 472 g/mol. The van der Waals surface area contributed by atoms with Crippen LogP contribution in [0.3, 0.4) is 0 Å². The van der Waals surface area contributed by atoms with Gasteiger partial charge in [-0.1, -0.05) is 60.7 Å². The average Bonchev–Trinajstić information content (AvgIpc) is 3.30. The van der Waals surface area contributed by atoms with Gasteiger partial charge >= 0.3 is 5.97 Å². The van der Waals surface area contributed by atoms with Gasteiger partial charge < -0.3 is 15.3 Å². The highest BCUT2D eigenvalue weighted by molar-refractivity contribution is 5.99. The number of piperidine rings is 1. The molecule has 0 aliphatic carbocycles. The van der Waals surface area contributed by atoms with Gasteiger partial charge in [-0.2, -0.15) is 5.10 Å². The van der Waals surface area contributed by atoms with E-state index >= 15 is 0 Å². The van der Waals surface area contributed by atoms with Crippen LogP contribution in [-0.2, 0) is 16.8 Å². The van der Waals surface area contributed by atoms with Crippen molar-refractivity contribution in [3.63, 3.8) is 0 Å². The fraction of sp³-hybridized carbons (Fsp3) is 0.393. The molecule has 2 aliphatic rings. The number of anilines is 1. The summed E-state index contributed by atoms with van der Waals surface area (Å²) in [5.41, 5.74) is 1.63. The third-order valence-electron chi connectivity index (χ3n) is 7.64. The van der Waals surface area contributed by atoms with E-state index in [1.165, 1.54) is 5.56 Å². The largest absolute Gasteiger partial charge is 0.481 e. The molecule has 1 atom stereocenters. The van der Waals surface area contributed by atoms with E-state index < -0.39 is 11.4 Å². The fourth-order valence-electron chi connectivity index (χ4n) is 5.55. The zero-order chi connectivity index (χ0) is 24.6. The number of aliphatic carboxylic acids is 1. The minimum absolute atomic E-state index is 0.0776. The molecule has 0 spiro atoms. The zero-order valence-electron chi connectivity index (χ0n) is 20.3. The van der Waals surface area contributed by atoms with Crippen molar-refractivity contribution in [1.29, 1.82) is 0 Å². The zero-order valence-corrected chi connectivity index (χ0v) is 20.3. The van der Waals surface area contributed by atoms with Crippen LogP contribution in [0, 0.1) is 5.41 Å². The lowest BCUT2D eigenvalue weighted by Crippen LogP contribution is -2.47. The van der Waals surface area contributed by atoms with Crippen molar-refractivity contribution >= 4 is 17.7 Å². The number of nitrogens with zero attached hydrogens (tertiary/aromatic N) is 3. The van der Waals surface area contributed by atoms with Gasteiger partial charge in [-0.15, -0.1) is 0 Å². The average molecular weight is 473 g/mol. The standard InChI is InChI=1S/C28H32N4O3/c1-27(2)18-23(21-11-7-4-8-12-21)30-24-22(19-29-32(24)27)25(33)31-15-13-28(14-16-31,26(34)35)17-20-9-5-3-6-10-20/h3-12,19,23,30H,13-18H2,1-2H3,(H,34,35). The van der Waals surface area contributed by atoms with Crippen LogP contribution in [0.1, 0.15) is 60.6 Å². The summed E-state index contributed by atoms with van der Waals surface area (Å²) >= 11 is 0. The summed E-state index contributed by atoms with van der Waals surface area (Å²) in [6.45, 7) is 5.10. The highest BCUT2D eigenvalue weighted by Crippen LogP contribution is 2.41. The van der Waals surface area contributed by atoms with Crippen molar-refractivity contribution < 1.29 is 14.7 Å². The number of carbonyl (C=O) groups is 2. The van der Waals surface area contributed by atoms with E-state index in [0.29, 0.717) is 37.9 Å². The van der Waals surface area contributed by atoms with Gasteiger partial charge in [0.25, 0.3) is 5.91 Å². The molecule has 2 aliphatic heterocycles. The van der Waals surface area contributed by atoms with Crippen molar-refractivity contribution in [3.8, 4) is 0 Å². The molecule has 182 valence electrons. The number of aromatic nitrogens is 2. The summed E-state index contributed by atoms with van der Waals surface area (Å²) in [6.07, 6.45) is 3.84. The van der Waals surface area contributed by atoms with Gasteiger partial charge in [0, 0.05) is 13.1 Å². The van der Waals surface area contributed by atoms with Crippen molar-refractivity contribution in [3.05, 3.63) is 83.6 Å². The van der Waals surface area contributed by atoms with Crippen LogP contribution in [0.25, 0.3) is 0 Å². The molecule has 0 radical (unpaired) electrons. The minimum Gasteiger partial charge on any atom is -0.481 e.